The Kier molecular flexibility index (Phi) is 5.09. The maximum Gasteiger partial charge on any atom is 0.220 e. The zero-order valence-corrected chi connectivity index (χ0v) is 13.4. The van der Waals surface area contributed by atoms with Gasteiger partial charge in [-0.05, 0) is 35.4 Å². The summed E-state index contributed by atoms with van der Waals surface area (Å²) in [5, 5.41) is 3.01. The van der Waals surface area contributed by atoms with Gasteiger partial charge in [0.2, 0.25) is 5.91 Å². The van der Waals surface area contributed by atoms with E-state index in [9.17, 15) is 4.79 Å². The molecule has 2 aromatic carbocycles. The summed E-state index contributed by atoms with van der Waals surface area (Å²) in [5.41, 5.74) is 9.54. The van der Waals surface area contributed by atoms with Crippen LogP contribution in [-0.2, 0) is 11.3 Å². The largest absolute Gasteiger partial charge is 0.352 e. The lowest BCUT2D eigenvalue weighted by Gasteiger charge is -2.14. The van der Waals surface area contributed by atoms with E-state index in [1.165, 1.54) is 11.1 Å². The summed E-state index contributed by atoms with van der Waals surface area (Å²) >= 11 is 0. The van der Waals surface area contributed by atoms with Crippen molar-refractivity contribution in [2.75, 3.05) is 0 Å². The zero-order valence-electron chi connectivity index (χ0n) is 13.4. The molecule has 1 saturated carbocycles. The molecule has 1 amide bonds. The average molecular weight is 308 g/mol. The van der Waals surface area contributed by atoms with Crippen LogP contribution < -0.4 is 11.1 Å². The van der Waals surface area contributed by atoms with Crippen LogP contribution in [0.5, 0.6) is 0 Å². The van der Waals surface area contributed by atoms with E-state index in [1.807, 2.05) is 18.2 Å². The normalized spacial score (nSPS) is 20.4. The Balaban J connectivity index is 1.51. The van der Waals surface area contributed by atoms with Crippen molar-refractivity contribution in [2.24, 2.45) is 11.7 Å². The first kappa shape index (κ1) is 15.8. The van der Waals surface area contributed by atoms with E-state index >= 15 is 0 Å². The van der Waals surface area contributed by atoms with Crippen LogP contribution in [0.15, 0.2) is 54.6 Å². The van der Waals surface area contributed by atoms with Gasteiger partial charge in [-0.3, -0.25) is 4.79 Å². The quantitative estimate of drug-likeness (QED) is 0.888. The van der Waals surface area contributed by atoms with Crippen LogP contribution in [0.2, 0.25) is 0 Å². The number of rotatable bonds is 5. The number of carbonyl (C=O) groups is 1. The maximum atomic E-state index is 12.0. The van der Waals surface area contributed by atoms with Crippen molar-refractivity contribution < 1.29 is 4.79 Å². The highest BCUT2D eigenvalue weighted by atomic mass is 16.1. The van der Waals surface area contributed by atoms with Crippen molar-refractivity contribution in [2.45, 2.75) is 38.3 Å². The third kappa shape index (κ3) is 4.20. The summed E-state index contributed by atoms with van der Waals surface area (Å²) in [6, 6.07) is 18.8. The summed E-state index contributed by atoms with van der Waals surface area (Å²) in [6.07, 6.45) is 3.85. The van der Waals surface area contributed by atoms with Crippen LogP contribution in [0.1, 0.15) is 31.2 Å². The maximum absolute atomic E-state index is 12.0. The summed E-state index contributed by atoms with van der Waals surface area (Å²) < 4.78 is 0. The second-order valence-corrected chi connectivity index (χ2v) is 6.40. The number of benzene rings is 2. The molecule has 0 bridgehead atoms. The number of nitrogens with one attached hydrogen (secondary N) is 1. The summed E-state index contributed by atoms with van der Waals surface area (Å²) in [4.78, 5) is 12.0. The molecular weight excluding hydrogens is 284 g/mol. The third-order valence-electron chi connectivity index (χ3n) is 4.72. The Bertz CT molecular complexity index is 636. The van der Waals surface area contributed by atoms with Gasteiger partial charge < -0.3 is 11.1 Å². The van der Waals surface area contributed by atoms with Crippen LogP contribution in [0.3, 0.4) is 0 Å². The third-order valence-corrected chi connectivity index (χ3v) is 4.72. The standard InChI is InChI=1S/C20H24N2O/c21-19-8-4-7-18(19)13-20(23)22-14-15-9-11-17(12-10-15)16-5-2-1-3-6-16/h1-3,5-6,9-12,18-19H,4,7-8,13-14,21H2,(H,22,23)/t18-,19+/m0/s1. The summed E-state index contributed by atoms with van der Waals surface area (Å²) in [7, 11) is 0. The van der Waals surface area contributed by atoms with Crippen molar-refractivity contribution in [3.05, 3.63) is 60.2 Å². The van der Waals surface area contributed by atoms with Crippen molar-refractivity contribution in [3.63, 3.8) is 0 Å². The first-order valence-corrected chi connectivity index (χ1v) is 8.39. The molecule has 3 rings (SSSR count). The molecule has 0 unspecified atom stereocenters. The van der Waals surface area contributed by atoms with Gasteiger partial charge in [0.1, 0.15) is 0 Å². The fourth-order valence-electron chi connectivity index (χ4n) is 3.28. The minimum Gasteiger partial charge on any atom is -0.352 e. The van der Waals surface area contributed by atoms with E-state index in [2.05, 4.69) is 41.7 Å². The van der Waals surface area contributed by atoms with Gasteiger partial charge in [0, 0.05) is 19.0 Å². The number of hydrogen-bond donors (Lipinski definition) is 2. The summed E-state index contributed by atoms with van der Waals surface area (Å²) in [5.74, 6) is 0.468. The predicted octanol–water partition coefficient (Wildman–Crippen LogP) is 3.49. The van der Waals surface area contributed by atoms with Crippen LogP contribution in [-0.4, -0.2) is 11.9 Å². The lowest BCUT2D eigenvalue weighted by molar-refractivity contribution is -0.122. The molecular formula is C20H24N2O. The molecule has 0 heterocycles. The molecule has 23 heavy (non-hydrogen) atoms. The number of amides is 1. The zero-order chi connectivity index (χ0) is 16.1. The van der Waals surface area contributed by atoms with Crippen molar-refractivity contribution in [1.29, 1.82) is 0 Å². The van der Waals surface area contributed by atoms with E-state index < -0.39 is 0 Å². The van der Waals surface area contributed by atoms with Gasteiger partial charge in [0.05, 0.1) is 0 Å². The molecule has 0 radical (unpaired) electrons. The highest BCUT2D eigenvalue weighted by Gasteiger charge is 2.25. The van der Waals surface area contributed by atoms with Gasteiger partial charge >= 0.3 is 0 Å². The Labute approximate surface area is 137 Å². The Hall–Kier alpha value is -2.13. The van der Waals surface area contributed by atoms with Gasteiger partial charge in [-0.2, -0.15) is 0 Å². The summed E-state index contributed by atoms with van der Waals surface area (Å²) in [6.45, 7) is 0.579. The Morgan fingerprint density at radius 1 is 1.00 bits per heavy atom. The van der Waals surface area contributed by atoms with Crippen LogP contribution in [0.25, 0.3) is 11.1 Å². The van der Waals surface area contributed by atoms with Crippen molar-refractivity contribution in [3.8, 4) is 11.1 Å². The molecule has 0 spiro atoms. The van der Waals surface area contributed by atoms with Gasteiger partial charge in [-0.1, -0.05) is 61.0 Å². The minimum absolute atomic E-state index is 0.111. The second-order valence-electron chi connectivity index (χ2n) is 6.40. The van der Waals surface area contributed by atoms with Gasteiger partial charge in [0.25, 0.3) is 0 Å². The lowest BCUT2D eigenvalue weighted by Crippen LogP contribution is -2.31. The minimum atomic E-state index is 0.111. The SMILES string of the molecule is N[C@@H]1CCC[C@H]1CC(=O)NCc1ccc(-c2ccccc2)cc1. The van der Waals surface area contributed by atoms with Gasteiger partial charge in [-0.25, -0.2) is 0 Å². The fourth-order valence-corrected chi connectivity index (χ4v) is 3.28. The first-order valence-electron chi connectivity index (χ1n) is 8.39. The van der Waals surface area contributed by atoms with Crippen LogP contribution in [0.4, 0.5) is 0 Å². The lowest BCUT2D eigenvalue weighted by atomic mass is 10.00. The molecule has 3 nitrogen and oxygen atoms in total. The van der Waals surface area contributed by atoms with E-state index in [0.29, 0.717) is 18.9 Å². The van der Waals surface area contributed by atoms with E-state index in [1.54, 1.807) is 0 Å². The predicted molar refractivity (Wildman–Crippen MR) is 93.7 cm³/mol. The number of carbonyl (C=O) groups excluding carboxylic acids is 1. The second kappa shape index (κ2) is 7.42. The van der Waals surface area contributed by atoms with Gasteiger partial charge in [0.15, 0.2) is 0 Å². The van der Waals surface area contributed by atoms with E-state index in [4.69, 9.17) is 5.73 Å². The van der Waals surface area contributed by atoms with E-state index in [0.717, 1.165) is 24.8 Å². The highest BCUT2D eigenvalue weighted by Crippen LogP contribution is 2.26. The molecule has 3 heteroatoms. The van der Waals surface area contributed by atoms with E-state index in [-0.39, 0.29) is 11.9 Å². The smallest absolute Gasteiger partial charge is 0.220 e. The molecule has 2 atom stereocenters. The Morgan fingerprint density at radius 3 is 2.35 bits per heavy atom. The molecule has 0 aromatic heterocycles. The molecule has 120 valence electrons. The molecule has 3 N–H and O–H groups in total. The molecule has 0 aliphatic heterocycles. The molecule has 1 aliphatic carbocycles. The topological polar surface area (TPSA) is 55.1 Å². The van der Waals surface area contributed by atoms with Crippen molar-refractivity contribution >= 4 is 5.91 Å². The highest BCUT2D eigenvalue weighted by molar-refractivity contribution is 5.76. The Morgan fingerprint density at radius 2 is 1.70 bits per heavy atom. The fraction of sp³-hybridized carbons (Fsp3) is 0.350. The molecule has 0 saturated heterocycles. The monoisotopic (exact) mass is 308 g/mol. The molecule has 1 fully saturated rings. The van der Waals surface area contributed by atoms with Crippen molar-refractivity contribution in [1.82, 2.24) is 5.32 Å². The molecule has 2 aromatic rings. The number of nitrogens with two attached hydrogens (primary N) is 1. The van der Waals surface area contributed by atoms with Crippen LogP contribution in [0, 0.1) is 5.92 Å². The van der Waals surface area contributed by atoms with Crippen LogP contribution >= 0.6 is 0 Å². The van der Waals surface area contributed by atoms with Gasteiger partial charge in [-0.15, -0.1) is 0 Å². The molecule has 1 aliphatic rings. The first-order chi connectivity index (χ1) is 11.2. The average Bonchev–Trinajstić information content (AvgIpc) is 2.99. The number of hydrogen-bond acceptors (Lipinski definition) is 2.